The molecule has 2 nitrogen and oxygen atoms in total. The molecular formula is C21H27NO. The molecule has 0 radical (unpaired) electrons. The fourth-order valence-corrected chi connectivity index (χ4v) is 3.88. The third-order valence-corrected chi connectivity index (χ3v) is 5.53. The summed E-state index contributed by atoms with van der Waals surface area (Å²) >= 11 is 0. The first-order valence-electron chi connectivity index (χ1n) is 8.49. The highest BCUT2D eigenvalue weighted by molar-refractivity contribution is 5.64. The van der Waals surface area contributed by atoms with E-state index in [-0.39, 0.29) is 5.41 Å². The van der Waals surface area contributed by atoms with Crippen LogP contribution in [0.3, 0.4) is 0 Å². The number of hydrogen-bond acceptors (Lipinski definition) is 2. The number of benzene rings is 2. The molecule has 0 aliphatic carbocycles. The summed E-state index contributed by atoms with van der Waals surface area (Å²) in [5.74, 6) is 0. The second-order valence-corrected chi connectivity index (χ2v) is 7.39. The Bertz CT molecular complexity index is 649. The van der Waals surface area contributed by atoms with Crippen LogP contribution >= 0.6 is 0 Å². The lowest BCUT2D eigenvalue weighted by molar-refractivity contribution is -0.0361. The Morgan fingerprint density at radius 2 is 1.52 bits per heavy atom. The third-order valence-electron chi connectivity index (χ3n) is 5.53. The van der Waals surface area contributed by atoms with Gasteiger partial charge in [-0.3, -0.25) is 0 Å². The van der Waals surface area contributed by atoms with Crippen molar-refractivity contribution < 1.29 is 5.11 Å². The summed E-state index contributed by atoms with van der Waals surface area (Å²) in [5, 5.41) is 11.0. The molecular weight excluding hydrogens is 282 g/mol. The van der Waals surface area contributed by atoms with Crippen molar-refractivity contribution in [1.29, 1.82) is 0 Å². The minimum Gasteiger partial charge on any atom is -0.390 e. The topological polar surface area (TPSA) is 23.5 Å². The Morgan fingerprint density at radius 1 is 0.913 bits per heavy atom. The van der Waals surface area contributed by atoms with E-state index in [1.54, 1.807) is 0 Å². The van der Waals surface area contributed by atoms with Crippen LogP contribution < -0.4 is 0 Å². The lowest BCUT2D eigenvalue weighted by atomic mass is 9.63. The zero-order valence-electron chi connectivity index (χ0n) is 14.4. The first-order valence-corrected chi connectivity index (χ1v) is 8.49. The highest BCUT2D eigenvalue weighted by Crippen LogP contribution is 2.44. The van der Waals surface area contributed by atoms with Crippen molar-refractivity contribution in [3.63, 3.8) is 0 Å². The number of hydrogen-bond donors (Lipinski definition) is 1. The van der Waals surface area contributed by atoms with Gasteiger partial charge < -0.3 is 10.0 Å². The predicted molar refractivity (Wildman–Crippen MR) is 96.6 cm³/mol. The fourth-order valence-electron chi connectivity index (χ4n) is 3.88. The van der Waals surface area contributed by atoms with E-state index < -0.39 is 5.60 Å². The van der Waals surface area contributed by atoms with Crippen molar-refractivity contribution in [2.45, 2.75) is 37.7 Å². The maximum absolute atomic E-state index is 11.0. The molecule has 2 heteroatoms. The van der Waals surface area contributed by atoms with Crippen LogP contribution in [-0.2, 0) is 5.41 Å². The molecule has 1 aliphatic rings. The molecule has 0 amide bonds. The zero-order valence-corrected chi connectivity index (χ0v) is 14.4. The standard InChI is InChI=1S/C21H27NO/c1-20(2,23)21(12-14-22(3)15-13-21)19-11-7-10-18(16-19)17-8-5-4-6-9-17/h4-11,16,23H,12-15H2,1-3H3. The van der Waals surface area contributed by atoms with Gasteiger partial charge in [-0.05, 0) is 63.5 Å². The molecule has 1 aliphatic heterocycles. The lowest BCUT2D eigenvalue weighted by Gasteiger charge is -2.49. The Kier molecular flexibility index (Phi) is 4.31. The molecule has 0 aromatic heterocycles. The number of aliphatic hydroxyl groups is 1. The van der Waals surface area contributed by atoms with Gasteiger partial charge in [-0.25, -0.2) is 0 Å². The minimum atomic E-state index is -0.733. The van der Waals surface area contributed by atoms with E-state index in [0.717, 1.165) is 25.9 Å². The minimum absolute atomic E-state index is 0.176. The highest BCUT2D eigenvalue weighted by Gasteiger charge is 2.46. The van der Waals surface area contributed by atoms with Gasteiger partial charge in [0.15, 0.2) is 0 Å². The van der Waals surface area contributed by atoms with E-state index in [0.29, 0.717) is 0 Å². The number of likely N-dealkylation sites (tertiary alicyclic amines) is 1. The molecule has 1 saturated heterocycles. The molecule has 23 heavy (non-hydrogen) atoms. The summed E-state index contributed by atoms with van der Waals surface area (Å²) in [6.45, 7) is 5.99. The lowest BCUT2D eigenvalue weighted by Crippen LogP contribution is -2.53. The summed E-state index contributed by atoms with van der Waals surface area (Å²) in [5.41, 5.74) is 2.81. The van der Waals surface area contributed by atoms with Crippen molar-refractivity contribution in [3.8, 4) is 11.1 Å². The first-order chi connectivity index (χ1) is 10.9. The summed E-state index contributed by atoms with van der Waals surface area (Å²) in [6.07, 6.45) is 1.98. The van der Waals surface area contributed by atoms with Crippen LogP contribution in [0, 0.1) is 0 Å². The van der Waals surface area contributed by atoms with Crippen molar-refractivity contribution in [1.82, 2.24) is 4.90 Å². The molecule has 1 N–H and O–H groups in total. The molecule has 1 fully saturated rings. The Labute approximate surface area is 139 Å². The number of nitrogens with zero attached hydrogens (tertiary/aromatic N) is 1. The molecule has 0 bridgehead atoms. The van der Waals surface area contributed by atoms with Crippen LogP contribution in [-0.4, -0.2) is 35.7 Å². The van der Waals surface area contributed by atoms with Crippen LogP contribution in [0.5, 0.6) is 0 Å². The van der Waals surface area contributed by atoms with Crippen LogP contribution in [0.15, 0.2) is 54.6 Å². The van der Waals surface area contributed by atoms with Crippen molar-refractivity contribution >= 4 is 0 Å². The van der Waals surface area contributed by atoms with E-state index >= 15 is 0 Å². The number of rotatable bonds is 3. The maximum Gasteiger partial charge on any atom is 0.0688 e. The first kappa shape index (κ1) is 16.2. The van der Waals surface area contributed by atoms with Gasteiger partial charge in [0, 0.05) is 5.41 Å². The average molecular weight is 309 g/mol. The van der Waals surface area contributed by atoms with Crippen molar-refractivity contribution in [2.24, 2.45) is 0 Å². The zero-order chi connectivity index (χ0) is 16.5. The summed E-state index contributed by atoms with van der Waals surface area (Å²) in [4.78, 5) is 2.35. The monoisotopic (exact) mass is 309 g/mol. The molecule has 3 rings (SSSR count). The largest absolute Gasteiger partial charge is 0.390 e. The van der Waals surface area contributed by atoms with E-state index in [2.05, 4.69) is 60.5 Å². The molecule has 0 spiro atoms. The van der Waals surface area contributed by atoms with Crippen LogP contribution in [0.1, 0.15) is 32.3 Å². The number of piperidine rings is 1. The second-order valence-electron chi connectivity index (χ2n) is 7.39. The summed E-state index contributed by atoms with van der Waals surface area (Å²) in [7, 11) is 2.16. The van der Waals surface area contributed by atoms with Gasteiger partial charge in [-0.2, -0.15) is 0 Å². The third kappa shape index (κ3) is 3.06. The Morgan fingerprint density at radius 3 is 2.13 bits per heavy atom. The van der Waals surface area contributed by atoms with Crippen molar-refractivity contribution in [2.75, 3.05) is 20.1 Å². The van der Waals surface area contributed by atoms with Gasteiger partial charge in [0.25, 0.3) is 0 Å². The van der Waals surface area contributed by atoms with Gasteiger partial charge in [0.05, 0.1) is 5.60 Å². The predicted octanol–water partition coefficient (Wildman–Crippen LogP) is 4.09. The van der Waals surface area contributed by atoms with Crippen LogP contribution in [0.25, 0.3) is 11.1 Å². The quantitative estimate of drug-likeness (QED) is 0.923. The smallest absolute Gasteiger partial charge is 0.0688 e. The van der Waals surface area contributed by atoms with E-state index in [9.17, 15) is 5.11 Å². The highest BCUT2D eigenvalue weighted by atomic mass is 16.3. The van der Waals surface area contributed by atoms with Gasteiger partial charge in [0.1, 0.15) is 0 Å². The van der Waals surface area contributed by atoms with E-state index in [1.165, 1.54) is 16.7 Å². The Balaban J connectivity index is 2.04. The molecule has 0 saturated carbocycles. The van der Waals surface area contributed by atoms with E-state index in [1.807, 2.05) is 19.9 Å². The molecule has 1 heterocycles. The van der Waals surface area contributed by atoms with Gasteiger partial charge >= 0.3 is 0 Å². The van der Waals surface area contributed by atoms with Crippen molar-refractivity contribution in [3.05, 3.63) is 60.2 Å². The second kappa shape index (κ2) is 6.10. The molecule has 122 valence electrons. The average Bonchev–Trinajstić information content (AvgIpc) is 2.55. The molecule has 2 aromatic rings. The normalized spacial score (nSPS) is 18.8. The van der Waals surface area contributed by atoms with Crippen LogP contribution in [0.4, 0.5) is 0 Å². The van der Waals surface area contributed by atoms with Gasteiger partial charge in [-0.1, -0.05) is 54.6 Å². The fraction of sp³-hybridized carbons (Fsp3) is 0.429. The SMILES string of the molecule is CN1CCC(c2cccc(-c3ccccc3)c2)(C(C)(C)O)CC1. The summed E-state index contributed by atoms with van der Waals surface area (Å²) < 4.78 is 0. The molecule has 0 unspecified atom stereocenters. The van der Waals surface area contributed by atoms with Crippen LogP contribution in [0.2, 0.25) is 0 Å². The van der Waals surface area contributed by atoms with E-state index in [4.69, 9.17) is 0 Å². The van der Waals surface area contributed by atoms with Gasteiger partial charge in [0.2, 0.25) is 0 Å². The maximum atomic E-state index is 11.0. The Hall–Kier alpha value is -1.64. The van der Waals surface area contributed by atoms with Gasteiger partial charge in [-0.15, -0.1) is 0 Å². The molecule has 2 aromatic carbocycles. The summed E-state index contributed by atoms with van der Waals surface area (Å²) in [6, 6.07) is 19.2. The molecule has 0 atom stereocenters.